The van der Waals surface area contributed by atoms with Crippen LogP contribution in [0.25, 0.3) is 0 Å². The van der Waals surface area contributed by atoms with Crippen LogP contribution in [-0.4, -0.2) is 57.1 Å². The van der Waals surface area contributed by atoms with Gasteiger partial charge in [0.15, 0.2) is 18.0 Å². The van der Waals surface area contributed by atoms with Crippen LogP contribution >= 0.6 is 0 Å². The number of urea groups is 1. The summed E-state index contributed by atoms with van der Waals surface area (Å²) < 4.78 is 5.95. The minimum atomic E-state index is -1.36. The first-order chi connectivity index (χ1) is 20.2. The van der Waals surface area contributed by atoms with Crippen molar-refractivity contribution in [2.75, 3.05) is 37.5 Å². The second-order valence-electron chi connectivity index (χ2n) is 10.5. The van der Waals surface area contributed by atoms with Crippen LogP contribution in [-0.2, 0) is 9.59 Å². The normalized spacial score (nSPS) is 14.7. The topological polar surface area (TPSA) is 128 Å². The summed E-state index contributed by atoms with van der Waals surface area (Å²) in [7, 11) is 3.52. The highest BCUT2D eigenvalue weighted by atomic mass is 16.5. The van der Waals surface area contributed by atoms with Gasteiger partial charge in [-0.15, -0.1) is 0 Å². The zero-order valence-electron chi connectivity index (χ0n) is 23.9. The van der Waals surface area contributed by atoms with Gasteiger partial charge < -0.3 is 30.2 Å². The molecular weight excluding hydrogens is 536 g/mol. The van der Waals surface area contributed by atoms with Crippen LogP contribution in [0.5, 0.6) is 5.75 Å². The number of ether oxygens (including phenoxy) is 1. The summed E-state index contributed by atoms with van der Waals surface area (Å²) in [6.45, 7) is -0.490. The molecule has 0 radical (unpaired) electrons. The zero-order valence-corrected chi connectivity index (χ0v) is 23.9. The number of aromatic carboxylic acids is 1. The number of carboxylic acids is 1. The van der Waals surface area contributed by atoms with E-state index in [4.69, 9.17) is 4.74 Å². The molecule has 10 nitrogen and oxygen atoms in total. The number of carbonyl (C=O) groups is 4. The third-order valence-electron chi connectivity index (χ3n) is 7.81. The average Bonchev–Trinajstić information content (AvgIpc) is 3.02. The molecule has 0 aliphatic heterocycles. The number of anilines is 2. The van der Waals surface area contributed by atoms with Crippen LogP contribution in [0.15, 0.2) is 78.9 Å². The van der Waals surface area contributed by atoms with Crippen molar-refractivity contribution in [3.05, 3.63) is 84.4 Å². The molecule has 1 saturated carbocycles. The zero-order chi connectivity index (χ0) is 30.1. The molecule has 0 aromatic heterocycles. The van der Waals surface area contributed by atoms with Crippen LogP contribution in [0.2, 0.25) is 0 Å². The Kier molecular flexibility index (Phi) is 9.93. The average molecular weight is 573 g/mol. The maximum atomic E-state index is 14.0. The number of nitrogens with one attached hydrogen (secondary N) is 2. The van der Waals surface area contributed by atoms with Gasteiger partial charge in [0.25, 0.3) is 5.91 Å². The smallest absolute Gasteiger partial charge is 0.338 e. The fourth-order valence-electron chi connectivity index (χ4n) is 5.35. The Labute approximate surface area is 245 Å². The number of amides is 4. The van der Waals surface area contributed by atoms with Crippen molar-refractivity contribution in [1.82, 2.24) is 9.80 Å². The number of rotatable bonds is 10. The molecule has 3 aromatic rings. The minimum Gasteiger partial charge on any atom is -0.545 e. The number of quaternary nitrogens is 1. The van der Waals surface area contributed by atoms with E-state index in [1.165, 1.54) is 23.1 Å². The molecular formula is C32H36N4O6. The quantitative estimate of drug-likeness (QED) is 0.357. The first kappa shape index (κ1) is 30.3. The van der Waals surface area contributed by atoms with Crippen molar-refractivity contribution in [2.45, 2.75) is 38.1 Å². The lowest BCUT2D eigenvalue weighted by atomic mass is 9.91. The molecule has 0 bridgehead atoms. The van der Waals surface area contributed by atoms with Gasteiger partial charge in [-0.3, -0.25) is 4.79 Å². The highest BCUT2D eigenvalue weighted by Crippen LogP contribution is 2.39. The molecule has 2 N–H and O–H groups in total. The summed E-state index contributed by atoms with van der Waals surface area (Å²) in [6.07, 6.45) is 4.72. The first-order valence-electron chi connectivity index (χ1n) is 14.0. The van der Waals surface area contributed by atoms with E-state index in [-0.39, 0.29) is 46.7 Å². The summed E-state index contributed by atoms with van der Waals surface area (Å²) in [5.74, 6) is -1.42. The highest BCUT2D eigenvalue weighted by Gasteiger charge is 2.44. The van der Waals surface area contributed by atoms with Gasteiger partial charge in [-0.1, -0.05) is 48.9 Å². The monoisotopic (exact) mass is 572 g/mol. The highest BCUT2D eigenvalue weighted by molar-refractivity contribution is 5.97. The Morgan fingerprint density at radius 1 is 0.929 bits per heavy atom. The summed E-state index contributed by atoms with van der Waals surface area (Å²) in [6, 6.07) is 21.5. The predicted octanol–water partition coefficient (Wildman–Crippen LogP) is 3.71. The van der Waals surface area contributed by atoms with Crippen LogP contribution in [0.4, 0.5) is 21.9 Å². The molecule has 220 valence electrons. The van der Waals surface area contributed by atoms with Gasteiger partial charge in [0.1, 0.15) is 12.6 Å². The van der Waals surface area contributed by atoms with Crippen LogP contribution < -0.4 is 29.9 Å². The van der Waals surface area contributed by atoms with Crippen molar-refractivity contribution in [2.24, 2.45) is 0 Å². The second-order valence-corrected chi connectivity index (χ2v) is 10.5. The molecule has 1 aliphatic rings. The number of carboxylic acid groups (broad SMARTS) is 1. The van der Waals surface area contributed by atoms with Crippen LogP contribution in [0.3, 0.4) is 0 Å². The summed E-state index contributed by atoms with van der Waals surface area (Å²) in [5.41, 5.74) is 1.55. The Morgan fingerprint density at radius 3 is 2.33 bits per heavy atom. The number of hydrogen-bond acceptors (Lipinski definition) is 6. The maximum absolute atomic E-state index is 14.0. The number of hydrogen-bond donors (Lipinski definition) is 2. The van der Waals surface area contributed by atoms with Crippen molar-refractivity contribution in [1.29, 1.82) is 0 Å². The van der Waals surface area contributed by atoms with Gasteiger partial charge in [0.2, 0.25) is 0 Å². The van der Waals surface area contributed by atoms with E-state index in [0.29, 0.717) is 11.4 Å². The standard InChI is InChI=1S/C32H36N4O6/c1-35(25-14-5-3-6-15-25)29(37)22-42-28-19-10-9-18-27(28)36(2,26-16-7-4-8-17-26)30(38)21-33-32(41)34-24-13-11-12-23(20-24)31(39)40/h3,5-6,9-15,18-20,26H,4,7-8,16-17,21-22H2,1-2H3,(H2-,33,34,39,40,41). The molecule has 1 fully saturated rings. The van der Waals surface area contributed by atoms with Crippen molar-refractivity contribution >= 4 is 40.9 Å². The van der Waals surface area contributed by atoms with Crippen molar-refractivity contribution in [3.8, 4) is 5.75 Å². The maximum Gasteiger partial charge on any atom is 0.338 e. The molecule has 1 aliphatic carbocycles. The third kappa shape index (κ3) is 7.13. The Bertz CT molecular complexity index is 1420. The number of carbonyl (C=O) groups excluding carboxylic acids is 4. The van der Waals surface area contributed by atoms with Gasteiger partial charge in [0, 0.05) is 37.3 Å². The van der Waals surface area contributed by atoms with Crippen molar-refractivity contribution in [3.63, 3.8) is 0 Å². The fourth-order valence-corrected chi connectivity index (χ4v) is 5.35. The number of nitrogens with zero attached hydrogens (tertiary/aromatic N) is 2. The van der Waals surface area contributed by atoms with Gasteiger partial charge in [-0.25, -0.2) is 14.1 Å². The number of likely N-dealkylation sites (N-methyl/N-ethyl adjacent to an activating group) is 2. The van der Waals surface area contributed by atoms with Crippen molar-refractivity contribution < 1.29 is 29.0 Å². The molecule has 3 aromatic carbocycles. The second kappa shape index (κ2) is 13.8. The minimum absolute atomic E-state index is 0.0386. The van der Waals surface area contributed by atoms with Crippen LogP contribution in [0, 0.1) is 0 Å². The molecule has 42 heavy (non-hydrogen) atoms. The van der Waals surface area contributed by atoms with E-state index in [2.05, 4.69) is 10.6 Å². The SMILES string of the molecule is CN(C(=O)COc1ccccc1[N+](C)(C(=O)CNC(=O)Nc1cccc(C(=O)[O-])c1)C1CCCCC1)c1ccccc1. The molecule has 0 saturated heterocycles. The van der Waals surface area contributed by atoms with Gasteiger partial charge in [0.05, 0.1) is 13.0 Å². The summed E-state index contributed by atoms with van der Waals surface area (Å²) in [4.78, 5) is 52.2. The Morgan fingerprint density at radius 2 is 1.62 bits per heavy atom. The van der Waals surface area contributed by atoms with Crippen LogP contribution in [0.1, 0.15) is 42.5 Å². The summed E-state index contributed by atoms with van der Waals surface area (Å²) in [5, 5.41) is 16.3. The van der Waals surface area contributed by atoms with E-state index in [1.807, 2.05) is 49.5 Å². The van der Waals surface area contributed by atoms with Gasteiger partial charge in [-0.2, -0.15) is 0 Å². The lowest BCUT2D eigenvalue weighted by molar-refractivity contribution is -0.255. The first-order valence-corrected chi connectivity index (χ1v) is 14.0. The predicted molar refractivity (Wildman–Crippen MR) is 159 cm³/mol. The number of para-hydroxylation sites is 3. The lowest BCUT2D eigenvalue weighted by Crippen LogP contribution is -2.61. The number of benzene rings is 3. The van der Waals surface area contributed by atoms with Gasteiger partial charge >= 0.3 is 11.9 Å². The Balaban J connectivity index is 1.51. The van der Waals surface area contributed by atoms with E-state index >= 15 is 0 Å². The molecule has 1 unspecified atom stereocenters. The van der Waals surface area contributed by atoms with E-state index < -0.39 is 12.0 Å². The molecule has 4 rings (SSSR count). The third-order valence-corrected chi connectivity index (χ3v) is 7.81. The largest absolute Gasteiger partial charge is 0.545 e. The van der Waals surface area contributed by atoms with Gasteiger partial charge in [-0.05, 0) is 48.7 Å². The molecule has 1 atom stereocenters. The molecule has 0 spiro atoms. The molecule has 10 heteroatoms. The molecule has 4 amide bonds. The molecule has 0 heterocycles. The Hall–Kier alpha value is -4.70. The fraction of sp³-hybridized carbons (Fsp3) is 0.312. The van der Waals surface area contributed by atoms with E-state index in [1.54, 1.807) is 25.2 Å². The summed E-state index contributed by atoms with van der Waals surface area (Å²) >= 11 is 0. The van der Waals surface area contributed by atoms with E-state index in [0.717, 1.165) is 37.8 Å². The van der Waals surface area contributed by atoms with E-state index in [9.17, 15) is 24.3 Å². The lowest BCUT2D eigenvalue weighted by Gasteiger charge is -2.41.